The predicted octanol–water partition coefficient (Wildman–Crippen LogP) is -0.591. The van der Waals surface area contributed by atoms with Crippen LogP contribution < -0.4 is 10.6 Å². The molecular weight excluding hydrogens is 256 g/mol. The average molecular weight is 282 g/mol. The van der Waals surface area contributed by atoms with Gasteiger partial charge in [0.25, 0.3) is 0 Å². The maximum atomic E-state index is 12.3. The van der Waals surface area contributed by atoms with Crippen molar-refractivity contribution in [1.82, 2.24) is 20.4 Å². The number of likely N-dealkylation sites (tertiary alicyclic amines) is 1. The van der Waals surface area contributed by atoms with E-state index in [2.05, 4.69) is 10.6 Å². The third-order valence-corrected chi connectivity index (χ3v) is 4.06. The van der Waals surface area contributed by atoms with E-state index in [9.17, 15) is 9.59 Å². The fraction of sp³-hybridized carbons (Fsp3) is 0.857. The fourth-order valence-electron chi connectivity index (χ4n) is 2.90. The molecule has 2 amide bonds. The molecule has 2 rings (SSSR count). The van der Waals surface area contributed by atoms with E-state index in [-0.39, 0.29) is 17.9 Å². The summed E-state index contributed by atoms with van der Waals surface area (Å²) in [6, 6.07) is -0.225. The number of carbonyl (C=O) groups excluding carboxylic acids is 2. The van der Waals surface area contributed by atoms with Crippen LogP contribution in [0.2, 0.25) is 0 Å². The molecule has 2 aliphatic heterocycles. The zero-order valence-corrected chi connectivity index (χ0v) is 12.4. The van der Waals surface area contributed by atoms with Crippen LogP contribution in [-0.2, 0) is 9.59 Å². The van der Waals surface area contributed by atoms with Crippen LogP contribution in [0.4, 0.5) is 0 Å². The highest BCUT2D eigenvalue weighted by molar-refractivity contribution is 5.84. The first-order valence-corrected chi connectivity index (χ1v) is 7.72. The van der Waals surface area contributed by atoms with E-state index in [1.54, 1.807) is 0 Å². The molecule has 6 nitrogen and oxygen atoms in total. The van der Waals surface area contributed by atoms with Crippen LogP contribution in [-0.4, -0.2) is 73.5 Å². The summed E-state index contributed by atoms with van der Waals surface area (Å²) >= 11 is 0. The van der Waals surface area contributed by atoms with Crippen molar-refractivity contribution in [2.24, 2.45) is 0 Å². The van der Waals surface area contributed by atoms with Crippen LogP contribution in [0.25, 0.3) is 0 Å². The number of likely N-dealkylation sites (N-methyl/N-ethyl adjacent to an activating group) is 1. The molecule has 0 spiro atoms. The van der Waals surface area contributed by atoms with Gasteiger partial charge >= 0.3 is 0 Å². The number of carbonyl (C=O) groups is 2. The van der Waals surface area contributed by atoms with E-state index in [4.69, 9.17) is 0 Å². The number of amides is 2. The summed E-state index contributed by atoms with van der Waals surface area (Å²) in [4.78, 5) is 28.3. The summed E-state index contributed by atoms with van der Waals surface area (Å²) < 4.78 is 0. The Balaban J connectivity index is 1.90. The second-order valence-corrected chi connectivity index (χ2v) is 5.53. The van der Waals surface area contributed by atoms with Crippen LogP contribution in [0.1, 0.15) is 26.2 Å². The number of hydrogen-bond acceptors (Lipinski definition) is 4. The third-order valence-electron chi connectivity index (χ3n) is 4.06. The van der Waals surface area contributed by atoms with E-state index in [0.717, 1.165) is 39.0 Å². The average Bonchev–Trinajstić information content (AvgIpc) is 2.49. The van der Waals surface area contributed by atoms with Crippen LogP contribution >= 0.6 is 0 Å². The molecule has 6 heteroatoms. The minimum Gasteiger partial charge on any atom is -0.355 e. The molecule has 114 valence electrons. The largest absolute Gasteiger partial charge is 0.355 e. The van der Waals surface area contributed by atoms with Crippen LogP contribution in [0.3, 0.4) is 0 Å². The Hall–Kier alpha value is -1.14. The lowest BCUT2D eigenvalue weighted by atomic mass is 10.1. The molecule has 2 saturated heterocycles. The Bertz CT molecular complexity index is 342. The van der Waals surface area contributed by atoms with Gasteiger partial charge in [-0.15, -0.1) is 0 Å². The van der Waals surface area contributed by atoms with Gasteiger partial charge in [-0.1, -0.05) is 0 Å². The Morgan fingerprint density at radius 3 is 2.65 bits per heavy atom. The molecule has 0 aromatic carbocycles. The van der Waals surface area contributed by atoms with Crippen molar-refractivity contribution in [2.75, 3.05) is 45.8 Å². The van der Waals surface area contributed by atoms with Gasteiger partial charge in [0, 0.05) is 39.3 Å². The van der Waals surface area contributed by atoms with E-state index in [1.807, 2.05) is 16.7 Å². The molecule has 0 aliphatic carbocycles. The molecule has 0 radical (unpaired) electrons. The highest BCUT2D eigenvalue weighted by Gasteiger charge is 2.30. The molecule has 2 heterocycles. The summed E-state index contributed by atoms with van der Waals surface area (Å²) in [5.74, 6) is 0.187. The standard InChI is InChI=1S/C14H26N4O2/c1-2-16-14(20)12-10-15-6-9-18(12)11-13(19)17-7-4-3-5-8-17/h12,15H,2-11H2,1H3,(H,16,20). The highest BCUT2D eigenvalue weighted by Crippen LogP contribution is 2.11. The Morgan fingerprint density at radius 1 is 1.20 bits per heavy atom. The van der Waals surface area contributed by atoms with Gasteiger partial charge in [-0.2, -0.15) is 0 Å². The number of piperazine rings is 1. The van der Waals surface area contributed by atoms with E-state index >= 15 is 0 Å². The van der Waals surface area contributed by atoms with Crippen LogP contribution in [0.15, 0.2) is 0 Å². The summed E-state index contributed by atoms with van der Waals surface area (Å²) in [6.07, 6.45) is 3.43. The lowest BCUT2D eigenvalue weighted by Gasteiger charge is -2.36. The zero-order chi connectivity index (χ0) is 14.4. The van der Waals surface area contributed by atoms with Crippen molar-refractivity contribution in [3.63, 3.8) is 0 Å². The maximum Gasteiger partial charge on any atom is 0.238 e. The maximum absolute atomic E-state index is 12.3. The second-order valence-electron chi connectivity index (χ2n) is 5.53. The number of rotatable bonds is 4. The molecule has 0 aromatic rings. The minimum atomic E-state index is -0.225. The quantitative estimate of drug-likeness (QED) is 0.723. The second kappa shape index (κ2) is 7.59. The molecule has 0 bridgehead atoms. The first-order chi connectivity index (χ1) is 9.72. The van der Waals surface area contributed by atoms with E-state index < -0.39 is 0 Å². The van der Waals surface area contributed by atoms with Crippen molar-refractivity contribution in [3.8, 4) is 0 Å². The SMILES string of the molecule is CCNC(=O)C1CNCCN1CC(=O)N1CCCCC1. The molecule has 2 aliphatic rings. The van der Waals surface area contributed by atoms with Gasteiger partial charge in [-0.05, 0) is 26.2 Å². The fourth-order valence-corrected chi connectivity index (χ4v) is 2.90. The number of hydrogen-bond donors (Lipinski definition) is 2. The van der Waals surface area contributed by atoms with Crippen molar-refractivity contribution in [1.29, 1.82) is 0 Å². The van der Waals surface area contributed by atoms with Crippen molar-refractivity contribution in [2.45, 2.75) is 32.2 Å². The summed E-state index contributed by atoms with van der Waals surface area (Å²) in [5, 5.41) is 6.08. The first-order valence-electron chi connectivity index (χ1n) is 7.72. The molecule has 0 aromatic heterocycles. The van der Waals surface area contributed by atoms with Gasteiger partial charge in [0.15, 0.2) is 0 Å². The molecule has 2 N–H and O–H groups in total. The molecule has 2 fully saturated rings. The summed E-state index contributed by atoms with van der Waals surface area (Å²) in [6.45, 7) is 6.86. The number of nitrogens with zero attached hydrogens (tertiary/aromatic N) is 2. The van der Waals surface area contributed by atoms with Gasteiger partial charge in [0.2, 0.25) is 11.8 Å². The predicted molar refractivity (Wildman–Crippen MR) is 77.3 cm³/mol. The summed E-state index contributed by atoms with van der Waals surface area (Å²) in [7, 11) is 0. The molecule has 1 atom stereocenters. The molecular formula is C14H26N4O2. The van der Waals surface area contributed by atoms with Gasteiger partial charge < -0.3 is 15.5 Å². The lowest BCUT2D eigenvalue weighted by molar-refractivity contribution is -0.136. The number of nitrogens with one attached hydrogen (secondary N) is 2. The molecule has 0 saturated carbocycles. The van der Waals surface area contributed by atoms with Gasteiger partial charge in [0.1, 0.15) is 6.04 Å². The smallest absolute Gasteiger partial charge is 0.238 e. The lowest BCUT2D eigenvalue weighted by Crippen LogP contribution is -2.60. The Morgan fingerprint density at radius 2 is 1.95 bits per heavy atom. The van der Waals surface area contributed by atoms with Crippen molar-refractivity contribution < 1.29 is 9.59 Å². The zero-order valence-electron chi connectivity index (χ0n) is 12.4. The first kappa shape index (κ1) is 15.3. The van der Waals surface area contributed by atoms with E-state index in [1.165, 1.54) is 6.42 Å². The minimum absolute atomic E-state index is 0.0196. The van der Waals surface area contributed by atoms with Gasteiger partial charge in [0.05, 0.1) is 6.54 Å². The molecule has 20 heavy (non-hydrogen) atoms. The monoisotopic (exact) mass is 282 g/mol. The number of piperidine rings is 1. The van der Waals surface area contributed by atoms with Gasteiger partial charge in [-0.3, -0.25) is 14.5 Å². The normalized spacial score (nSPS) is 24.4. The summed E-state index contributed by atoms with van der Waals surface area (Å²) in [5.41, 5.74) is 0. The topological polar surface area (TPSA) is 64.7 Å². The Kier molecular flexibility index (Phi) is 5.79. The highest BCUT2D eigenvalue weighted by atomic mass is 16.2. The van der Waals surface area contributed by atoms with Crippen LogP contribution in [0, 0.1) is 0 Å². The third kappa shape index (κ3) is 3.93. The van der Waals surface area contributed by atoms with Crippen LogP contribution in [0.5, 0.6) is 0 Å². The Labute approximate surface area is 120 Å². The van der Waals surface area contributed by atoms with E-state index in [0.29, 0.717) is 19.6 Å². The van der Waals surface area contributed by atoms with Gasteiger partial charge in [-0.25, -0.2) is 0 Å². The van der Waals surface area contributed by atoms with Crippen molar-refractivity contribution >= 4 is 11.8 Å². The van der Waals surface area contributed by atoms with Crippen molar-refractivity contribution in [3.05, 3.63) is 0 Å². The molecule has 1 unspecified atom stereocenters.